The molecule has 2 heterocycles. The van der Waals surface area contributed by atoms with Crippen molar-refractivity contribution in [2.45, 2.75) is 31.7 Å². The first-order valence-corrected chi connectivity index (χ1v) is 9.32. The zero-order valence-corrected chi connectivity index (χ0v) is 15.2. The van der Waals surface area contributed by atoms with Crippen LogP contribution in [0.3, 0.4) is 0 Å². The van der Waals surface area contributed by atoms with E-state index in [1.807, 2.05) is 25.1 Å². The largest absolute Gasteiger partial charge is 0.343 e. The molecule has 1 N–H and O–H groups in total. The molecule has 7 heteroatoms. The maximum absolute atomic E-state index is 14.4. The van der Waals surface area contributed by atoms with Gasteiger partial charge in [0.1, 0.15) is 11.5 Å². The molecule has 2 aromatic heterocycles. The molecule has 3 atom stereocenters. The molecule has 5 rings (SSSR count). The molecule has 0 bridgehead atoms. The van der Waals surface area contributed by atoms with Crippen molar-refractivity contribution >= 4 is 5.91 Å². The summed E-state index contributed by atoms with van der Waals surface area (Å²) >= 11 is 0. The van der Waals surface area contributed by atoms with Crippen LogP contribution in [0, 0.1) is 17.6 Å². The van der Waals surface area contributed by atoms with Gasteiger partial charge in [-0.3, -0.25) is 9.78 Å². The fourth-order valence-corrected chi connectivity index (χ4v) is 4.11. The summed E-state index contributed by atoms with van der Waals surface area (Å²) in [6.45, 7) is 1.86. The summed E-state index contributed by atoms with van der Waals surface area (Å²) in [5.41, 5.74) is 2.98. The number of fused-ring (bicyclic) bond motifs is 3. The predicted molar refractivity (Wildman–Crippen MR) is 98.2 cm³/mol. The summed E-state index contributed by atoms with van der Waals surface area (Å²) < 4.78 is 29.2. The van der Waals surface area contributed by atoms with E-state index in [-0.39, 0.29) is 17.6 Å². The van der Waals surface area contributed by atoms with E-state index in [2.05, 4.69) is 15.4 Å². The van der Waals surface area contributed by atoms with E-state index < -0.39 is 11.6 Å². The van der Waals surface area contributed by atoms with Crippen molar-refractivity contribution in [3.05, 3.63) is 76.9 Å². The molecule has 0 radical (unpaired) electrons. The fourth-order valence-electron chi connectivity index (χ4n) is 4.11. The fraction of sp³-hybridized carbons (Fsp3) is 0.286. The average molecular weight is 380 g/mol. The van der Waals surface area contributed by atoms with E-state index in [9.17, 15) is 13.6 Å². The Morgan fingerprint density at radius 2 is 2.14 bits per heavy atom. The second kappa shape index (κ2) is 6.22. The number of carbonyl (C=O) groups is 1. The highest BCUT2D eigenvalue weighted by Gasteiger charge is 2.50. The van der Waals surface area contributed by atoms with Gasteiger partial charge in [-0.2, -0.15) is 5.10 Å². The van der Waals surface area contributed by atoms with Crippen LogP contribution in [-0.4, -0.2) is 20.7 Å². The zero-order chi connectivity index (χ0) is 19.4. The third kappa shape index (κ3) is 2.69. The minimum Gasteiger partial charge on any atom is -0.343 e. The minimum atomic E-state index is -0.691. The number of amides is 1. The number of benzene rings is 1. The Balaban J connectivity index is 1.51. The van der Waals surface area contributed by atoms with Crippen molar-refractivity contribution in [2.75, 3.05) is 0 Å². The van der Waals surface area contributed by atoms with Crippen LogP contribution in [0.25, 0.3) is 5.69 Å². The number of rotatable bonds is 4. The van der Waals surface area contributed by atoms with Crippen molar-refractivity contribution in [3.8, 4) is 5.69 Å². The highest BCUT2D eigenvalue weighted by molar-refractivity contribution is 5.94. The van der Waals surface area contributed by atoms with Gasteiger partial charge < -0.3 is 5.32 Å². The van der Waals surface area contributed by atoms with Gasteiger partial charge >= 0.3 is 0 Å². The Morgan fingerprint density at radius 3 is 2.89 bits per heavy atom. The third-order valence-electron chi connectivity index (χ3n) is 5.60. The van der Waals surface area contributed by atoms with E-state index in [0.29, 0.717) is 17.5 Å². The maximum atomic E-state index is 14.4. The summed E-state index contributed by atoms with van der Waals surface area (Å²) in [7, 11) is 0. The summed E-state index contributed by atoms with van der Waals surface area (Å²) in [5.74, 6) is -0.860. The topological polar surface area (TPSA) is 59.8 Å². The standard InChI is InChI=1S/C21H18F2N4O/c1-11(17-4-2-3-7-24-17)25-21(28)19-15-9-12-8-14(12)20(15)27(26-19)18-6-5-13(22)10-16(18)23/h2-7,10-12,14H,8-9H2,1H3,(H,25,28)/t11-,12+,14+/m1/s1. The van der Waals surface area contributed by atoms with Crippen LogP contribution in [0.15, 0.2) is 42.6 Å². The highest BCUT2D eigenvalue weighted by atomic mass is 19.1. The van der Waals surface area contributed by atoms with E-state index in [4.69, 9.17) is 0 Å². The van der Waals surface area contributed by atoms with Gasteiger partial charge in [0, 0.05) is 23.7 Å². The monoisotopic (exact) mass is 380 g/mol. The molecule has 5 nitrogen and oxygen atoms in total. The van der Waals surface area contributed by atoms with Crippen LogP contribution in [-0.2, 0) is 6.42 Å². The number of hydrogen-bond acceptors (Lipinski definition) is 3. The first-order valence-electron chi connectivity index (χ1n) is 9.32. The summed E-state index contributed by atoms with van der Waals surface area (Å²) in [6.07, 6.45) is 3.46. The molecule has 0 saturated heterocycles. The molecule has 0 aliphatic heterocycles. The van der Waals surface area contributed by atoms with Crippen molar-refractivity contribution in [1.82, 2.24) is 20.1 Å². The number of carbonyl (C=O) groups excluding carboxylic acids is 1. The van der Waals surface area contributed by atoms with Crippen LogP contribution in [0.1, 0.15) is 52.7 Å². The number of nitrogens with one attached hydrogen (secondary N) is 1. The van der Waals surface area contributed by atoms with Crippen LogP contribution in [0.5, 0.6) is 0 Å². The first-order chi connectivity index (χ1) is 13.5. The Morgan fingerprint density at radius 1 is 1.29 bits per heavy atom. The maximum Gasteiger partial charge on any atom is 0.272 e. The molecule has 2 aliphatic rings. The molecule has 0 unspecified atom stereocenters. The van der Waals surface area contributed by atoms with Crippen LogP contribution in [0.2, 0.25) is 0 Å². The predicted octanol–water partition coefficient (Wildman–Crippen LogP) is 3.70. The van der Waals surface area contributed by atoms with Gasteiger partial charge in [0.05, 0.1) is 17.4 Å². The van der Waals surface area contributed by atoms with Gasteiger partial charge in [0.2, 0.25) is 0 Å². The summed E-state index contributed by atoms with van der Waals surface area (Å²) in [6, 6.07) is 8.65. The van der Waals surface area contributed by atoms with E-state index >= 15 is 0 Å². The SMILES string of the molecule is C[C@@H](NC(=O)c1nn(-c2ccc(F)cc2F)c2c1C[C@@H]1C[C@H]21)c1ccccn1. The number of hydrogen-bond donors (Lipinski definition) is 1. The van der Waals surface area contributed by atoms with E-state index in [1.165, 1.54) is 16.8 Å². The summed E-state index contributed by atoms with van der Waals surface area (Å²) in [5, 5.41) is 7.37. The van der Waals surface area contributed by atoms with Gasteiger partial charge in [-0.15, -0.1) is 0 Å². The van der Waals surface area contributed by atoms with Crippen molar-refractivity contribution in [1.29, 1.82) is 0 Å². The Hall–Kier alpha value is -3.09. The second-order valence-corrected chi connectivity index (χ2v) is 7.48. The molecule has 1 amide bonds. The quantitative estimate of drug-likeness (QED) is 0.751. The Bertz CT molecular complexity index is 1080. The van der Waals surface area contributed by atoms with Gasteiger partial charge in [0.25, 0.3) is 5.91 Å². The van der Waals surface area contributed by atoms with Crippen LogP contribution in [0.4, 0.5) is 8.78 Å². The molecular weight excluding hydrogens is 362 g/mol. The Kier molecular flexibility index (Phi) is 3.79. The number of halogens is 2. The van der Waals surface area contributed by atoms with E-state index in [1.54, 1.807) is 6.20 Å². The first kappa shape index (κ1) is 17.0. The van der Waals surface area contributed by atoms with E-state index in [0.717, 1.165) is 35.9 Å². The van der Waals surface area contributed by atoms with Gasteiger partial charge in [-0.1, -0.05) is 6.07 Å². The molecule has 142 valence electrons. The van der Waals surface area contributed by atoms with Gasteiger partial charge in [-0.05, 0) is 49.9 Å². The molecule has 28 heavy (non-hydrogen) atoms. The van der Waals surface area contributed by atoms with Crippen molar-refractivity contribution in [2.24, 2.45) is 5.92 Å². The van der Waals surface area contributed by atoms with Crippen molar-refractivity contribution in [3.63, 3.8) is 0 Å². The lowest BCUT2D eigenvalue weighted by molar-refractivity contribution is 0.0932. The number of nitrogens with zero attached hydrogens (tertiary/aromatic N) is 3. The molecule has 2 aliphatic carbocycles. The highest BCUT2D eigenvalue weighted by Crippen LogP contribution is 2.57. The normalized spacial score (nSPS) is 20.4. The van der Waals surface area contributed by atoms with Gasteiger partial charge in [0.15, 0.2) is 11.5 Å². The lowest BCUT2D eigenvalue weighted by Gasteiger charge is -2.12. The number of aromatic nitrogens is 3. The molecule has 1 saturated carbocycles. The lowest BCUT2D eigenvalue weighted by Crippen LogP contribution is -2.28. The minimum absolute atomic E-state index is 0.169. The zero-order valence-electron chi connectivity index (χ0n) is 15.2. The van der Waals surface area contributed by atoms with Crippen molar-refractivity contribution < 1.29 is 13.6 Å². The second-order valence-electron chi connectivity index (χ2n) is 7.48. The summed E-state index contributed by atoms with van der Waals surface area (Å²) in [4.78, 5) is 17.2. The number of pyridine rings is 1. The molecule has 1 fully saturated rings. The third-order valence-corrected chi connectivity index (χ3v) is 5.60. The Labute approximate surface area is 160 Å². The van der Waals surface area contributed by atoms with Crippen LogP contribution >= 0.6 is 0 Å². The lowest BCUT2D eigenvalue weighted by atomic mass is 10.1. The van der Waals surface area contributed by atoms with Crippen LogP contribution < -0.4 is 5.32 Å². The molecular formula is C21H18F2N4O. The smallest absolute Gasteiger partial charge is 0.272 e. The molecule has 3 aromatic rings. The average Bonchev–Trinajstić information content (AvgIpc) is 3.18. The van der Waals surface area contributed by atoms with Gasteiger partial charge in [-0.25, -0.2) is 13.5 Å². The molecule has 1 aromatic carbocycles. The molecule has 0 spiro atoms.